The number of benzene rings is 3. The van der Waals surface area contributed by atoms with Crippen LogP contribution in [0.15, 0.2) is 61.2 Å². The average Bonchev–Trinajstić information content (AvgIpc) is 2.61. The Hall–Kier alpha value is -2.82. The molecule has 5 heteroatoms. The van der Waals surface area contributed by atoms with E-state index in [-0.39, 0.29) is 11.1 Å². The number of rotatable bonds is 6. The molecule has 0 fully saturated rings. The van der Waals surface area contributed by atoms with Crippen LogP contribution in [0, 0.1) is 11.6 Å². The van der Waals surface area contributed by atoms with Crippen LogP contribution >= 0.6 is 0 Å². The van der Waals surface area contributed by atoms with Gasteiger partial charge in [-0.05, 0) is 41.5 Å². The van der Waals surface area contributed by atoms with Gasteiger partial charge in [0.1, 0.15) is 5.82 Å². The second kappa shape index (κ2) is 7.60. The Bertz CT molecular complexity index is 950. The molecule has 3 aromatic carbocycles. The molecule has 0 heterocycles. The fraction of sp³-hybridized carbons (Fsp3) is 0.143. The second-order valence-electron chi connectivity index (χ2n) is 5.83. The molecule has 0 aliphatic rings. The van der Waals surface area contributed by atoms with E-state index < -0.39 is 24.0 Å². The van der Waals surface area contributed by atoms with E-state index in [4.69, 9.17) is 0 Å². The molecule has 0 radical (unpaired) electrons. The quantitative estimate of drug-likeness (QED) is 0.360. The molecule has 3 rings (SSSR count). The van der Waals surface area contributed by atoms with Crippen molar-refractivity contribution in [1.29, 1.82) is 0 Å². The monoisotopic (exact) mass is 360 g/mol. The summed E-state index contributed by atoms with van der Waals surface area (Å²) < 4.78 is 57.3. The van der Waals surface area contributed by atoms with Gasteiger partial charge in [0.25, 0.3) is 0 Å². The number of halogens is 4. The molecule has 0 saturated carbocycles. The van der Waals surface area contributed by atoms with Crippen molar-refractivity contribution in [2.45, 2.75) is 19.5 Å². The number of hydrogen-bond acceptors (Lipinski definition) is 1. The molecule has 0 unspecified atom stereocenters. The Morgan fingerprint density at radius 2 is 1.81 bits per heavy atom. The lowest BCUT2D eigenvalue weighted by Gasteiger charge is -2.10. The maximum atomic E-state index is 14.9. The number of alkyl halides is 2. The highest BCUT2D eigenvalue weighted by Crippen LogP contribution is 2.32. The van der Waals surface area contributed by atoms with E-state index in [0.29, 0.717) is 5.39 Å². The Balaban J connectivity index is 1.99. The Morgan fingerprint density at radius 1 is 1.00 bits per heavy atom. The molecule has 0 amide bonds. The largest absolute Gasteiger partial charge is 0.432 e. The average molecular weight is 360 g/mol. The van der Waals surface area contributed by atoms with E-state index in [1.165, 1.54) is 6.07 Å². The lowest BCUT2D eigenvalue weighted by atomic mass is 9.98. The molecule has 0 aliphatic heterocycles. The summed E-state index contributed by atoms with van der Waals surface area (Å²) in [4.78, 5) is 0. The maximum absolute atomic E-state index is 14.9. The standard InChI is InChI=1S/C21H16F4O/c1-2-3-4-13-5-8-16-14(11-13)6-9-17(20(16)23)15-7-10-19(18(22)12-15)26-21(24)25/h2,5-12,21H,1,3-4H2. The van der Waals surface area contributed by atoms with Gasteiger partial charge in [-0.2, -0.15) is 8.78 Å². The predicted molar refractivity (Wildman–Crippen MR) is 94.5 cm³/mol. The zero-order chi connectivity index (χ0) is 18.7. The van der Waals surface area contributed by atoms with E-state index in [1.54, 1.807) is 18.2 Å². The number of hydrogen-bond donors (Lipinski definition) is 0. The lowest BCUT2D eigenvalue weighted by molar-refractivity contribution is -0.0521. The molecule has 26 heavy (non-hydrogen) atoms. The van der Waals surface area contributed by atoms with Crippen molar-refractivity contribution in [3.8, 4) is 16.9 Å². The van der Waals surface area contributed by atoms with Gasteiger partial charge in [-0.3, -0.25) is 0 Å². The van der Waals surface area contributed by atoms with Crippen LogP contribution in [0.3, 0.4) is 0 Å². The third kappa shape index (κ3) is 3.72. The smallest absolute Gasteiger partial charge is 0.387 e. The number of aryl methyl sites for hydroxylation is 1. The van der Waals surface area contributed by atoms with Crippen molar-refractivity contribution < 1.29 is 22.3 Å². The number of ether oxygens (including phenoxy) is 1. The highest BCUT2D eigenvalue weighted by atomic mass is 19.3. The van der Waals surface area contributed by atoms with Gasteiger partial charge < -0.3 is 4.74 Å². The first kappa shape index (κ1) is 18.0. The molecular formula is C21H16F4O. The van der Waals surface area contributed by atoms with Gasteiger partial charge in [0.15, 0.2) is 11.6 Å². The van der Waals surface area contributed by atoms with Crippen LogP contribution in [0.1, 0.15) is 12.0 Å². The normalized spacial score (nSPS) is 11.1. The van der Waals surface area contributed by atoms with Crippen molar-refractivity contribution in [3.05, 3.63) is 78.4 Å². The summed E-state index contributed by atoms with van der Waals surface area (Å²) in [5.41, 5.74) is 1.52. The van der Waals surface area contributed by atoms with Crippen molar-refractivity contribution in [1.82, 2.24) is 0 Å². The van der Waals surface area contributed by atoms with Crippen molar-refractivity contribution in [2.24, 2.45) is 0 Å². The van der Waals surface area contributed by atoms with Crippen LogP contribution in [0.25, 0.3) is 21.9 Å². The van der Waals surface area contributed by atoms with Crippen molar-refractivity contribution >= 4 is 10.8 Å². The van der Waals surface area contributed by atoms with Gasteiger partial charge in [-0.1, -0.05) is 42.5 Å². The second-order valence-corrected chi connectivity index (χ2v) is 5.83. The van der Waals surface area contributed by atoms with Gasteiger partial charge in [0.05, 0.1) is 0 Å². The lowest BCUT2D eigenvalue weighted by Crippen LogP contribution is -2.03. The minimum absolute atomic E-state index is 0.193. The molecule has 0 N–H and O–H groups in total. The van der Waals surface area contributed by atoms with E-state index in [9.17, 15) is 17.6 Å². The first-order chi connectivity index (χ1) is 12.5. The van der Waals surface area contributed by atoms with Gasteiger partial charge in [0, 0.05) is 10.9 Å². The van der Waals surface area contributed by atoms with Crippen LogP contribution in [0.2, 0.25) is 0 Å². The Labute approximate surface area is 148 Å². The van der Waals surface area contributed by atoms with Gasteiger partial charge in [-0.15, -0.1) is 6.58 Å². The SMILES string of the molecule is C=CCCc1ccc2c(F)c(-c3ccc(OC(F)F)c(F)c3)ccc2c1. The Kier molecular flexibility index (Phi) is 5.26. The number of allylic oxidation sites excluding steroid dienone is 1. The summed E-state index contributed by atoms with van der Waals surface area (Å²) in [6.45, 7) is 0.563. The molecule has 0 saturated heterocycles. The summed E-state index contributed by atoms with van der Waals surface area (Å²) in [5.74, 6) is -2.03. The highest BCUT2D eigenvalue weighted by Gasteiger charge is 2.14. The van der Waals surface area contributed by atoms with Crippen LogP contribution in [0.4, 0.5) is 17.6 Å². The molecule has 0 aromatic heterocycles. The fourth-order valence-electron chi connectivity index (χ4n) is 2.85. The summed E-state index contributed by atoms with van der Waals surface area (Å²) in [5, 5.41) is 1.16. The maximum Gasteiger partial charge on any atom is 0.387 e. The highest BCUT2D eigenvalue weighted by molar-refractivity contribution is 5.88. The third-order valence-corrected chi connectivity index (χ3v) is 4.11. The fourth-order valence-corrected chi connectivity index (χ4v) is 2.85. The minimum Gasteiger partial charge on any atom is -0.432 e. The van der Waals surface area contributed by atoms with Crippen molar-refractivity contribution in [3.63, 3.8) is 0 Å². The Morgan fingerprint density at radius 3 is 2.50 bits per heavy atom. The topological polar surface area (TPSA) is 9.23 Å². The molecule has 0 aliphatic carbocycles. The van der Waals surface area contributed by atoms with Crippen LogP contribution < -0.4 is 4.74 Å². The van der Waals surface area contributed by atoms with Crippen LogP contribution in [-0.4, -0.2) is 6.61 Å². The zero-order valence-electron chi connectivity index (χ0n) is 13.8. The van der Waals surface area contributed by atoms with Crippen LogP contribution in [0.5, 0.6) is 5.75 Å². The summed E-state index contributed by atoms with van der Waals surface area (Å²) in [6.07, 6.45) is 3.47. The van der Waals surface area contributed by atoms with E-state index >= 15 is 0 Å². The van der Waals surface area contributed by atoms with Crippen LogP contribution in [-0.2, 0) is 6.42 Å². The van der Waals surface area contributed by atoms with E-state index in [2.05, 4.69) is 11.3 Å². The first-order valence-corrected chi connectivity index (χ1v) is 8.06. The van der Waals surface area contributed by atoms with Crippen molar-refractivity contribution in [2.75, 3.05) is 0 Å². The zero-order valence-corrected chi connectivity index (χ0v) is 13.8. The van der Waals surface area contributed by atoms with Gasteiger partial charge in [-0.25, -0.2) is 8.78 Å². The molecular weight excluding hydrogens is 344 g/mol. The molecule has 134 valence electrons. The molecule has 0 spiro atoms. The first-order valence-electron chi connectivity index (χ1n) is 8.06. The van der Waals surface area contributed by atoms with Gasteiger partial charge in [0.2, 0.25) is 0 Å². The number of fused-ring (bicyclic) bond motifs is 1. The summed E-state index contributed by atoms with van der Waals surface area (Å²) in [7, 11) is 0. The summed E-state index contributed by atoms with van der Waals surface area (Å²) >= 11 is 0. The predicted octanol–water partition coefficient (Wildman–Crippen LogP) is 6.51. The van der Waals surface area contributed by atoms with E-state index in [1.807, 2.05) is 18.2 Å². The molecule has 1 nitrogen and oxygen atoms in total. The third-order valence-electron chi connectivity index (χ3n) is 4.11. The molecule has 3 aromatic rings. The summed E-state index contributed by atoms with van der Waals surface area (Å²) in [6, 6.07) is 12.2. The van der Waals surface area contributed by atoms with Gasteiger partial charge >= 0.3 is 6.61 Å². The van der Waals surface area contributed by atoms with E-state index in [0.717, 1.165) is 35.9 Å². The minimum atomic E-state index is -3.12. The molecule has 0 bridgehead atoms. The molecule has 0 atom stereocenters.